The Kier molecular flexibility index (Phi) is 5.69. The summed E-state index contributed by atoms with van der Waals surface area (Å²) in [5.41, 5.74) is 0.809. The normalized spacial score (nSPS) is 18.1. The summed E-state index contributed by atoms with van der Waals surface area (Å²) >= 11 is 1.98. The fourth-order valence-corrected chi connectivity index (χ4v) is 3.16. The van der Waals surface area contributed by atoms with E-state index in [1.165, 1.54) is 11.5 Å². The molecule has 104 valence electrons. The maximum absolute atomic E-state index is 11.3. The molecular weight excluding hydrogens is 260 g/mol. The lowest BCUT2D eigenvalue weighted by molar-refractivity contribution is -0.139. The summed E-state index contributed by atoms with van der Waals surface area (Å²) < 4.78 is 0. The molecule has 0 saturated carbocycles. The van der Waals surface area contributed by atoms with Crippen molar-refractivity contribution in [1.82, 2.24) is 10.2 Å². The van der Waals surface area contributed by atoms with Gasteiger partial charge in [0.25, 0.3) is 0 Å². The summed E-state index contributed by atoms with van der Waals surface area (Å²) in [5.74, 6) is 1.54. The summed E-state index contributed by atoms with van der Waals surface area (Å²) in [6, 6.07) is 8.73. The van der Waals surface area contributed by atoms with E-state index in [9.17, 15) is 9.90 Å². The first-order chi connectivity index (χ1) is 9.27. The van der Waals surface area contributed by atoms with Gasteiger partial charge in [-0.2, -0.15) is 11.8 Å². The Morgan fingerprint density at radius 3 is 2.63 bits per heavy atom. The van der Waals surface area contributed by atoms with Crippen molar-refractivity contribution in [3.05, 3.63) is 35.9 Å². The third kappa shape index (κ3) is 4.53. The Morgan fingerprint density at radius 2 is 2.00 bits per heavy atom. The number of thioether (sulfide) groups is 1. The zero-order chi connectivity index (χ0) is 13.5. The number of hydrogen-bond donors (Lipinski definition) is 2. The van der Waals surface area contributed by atoms with Gasteiger partial charge in [0.15, 0.2) is 0 Å². The highest BCUT2D eigenvalue weighted by Gasteiger charge is 2.19. The number of rotatable bonds is 6. The molecule has 0 radical (unpaired) electrons. The fraction of sp³-hybridized carbons (Fsp3) is 0.500. The van der Waals surface area contributed by atoms with Crippen LogP contribution in [0, 0.1) is 0 Å². The molecule has 1 aromatic rings. The number of aliphatic carboxylic acids is 1. The van der Waals surface area contributed by atoms with Gasteiger partial charge in [-0.1, -0.05) is 30.3 Å². The van der Waals surface area contributed by atoms with Crippen LogP contribution < -0.4 is 5.32 Å². The van der Waals surface area contributed by atoms with Gasteiger partial charge in [-0.25, -0.2) is 0 Å². The lowest BCUT2D eigenvalue weighted by atomic mass is 10.1. The maximum Gasteiger partial charge on any atom is 0.325 e. The lowest BCUT2D eigenvalue weighted by Crippen LogP contribution is -2.39. The van der Waals surface area contributed by atoms with Crippen LogP contribution in [0.25, 0.3) is 0 Å². The Hall–Kier alpha value is -1.04. The zero-order valence-corrected chi connectivity index (χ0v) is 11.7. The molecule has 1 heterocycles. The molecule has 1 fully saturated rings. The van der Waals surface area contributed by atoms with E-state index < -0.39 is 12.0 Å². The number of carboxylic acids is 1. The Morgan fingerprint density at radius 1 is 1.32 bits per heavy atom. The molecule has 1 atom stereocenters. The van der Waals surface area contributed by atoms with Crippen LogP contribution >= 0.6 is 11.8 Å². The summed E-state index contributed by atoms with van der Waals surface area (Å²) in [5, 5.41) is 12.4. The van der Waals surface area contributed by atoms with Crippen LogP contribution in [-0.4, -0.2) is 53.7 Å². The Balaban J connectivity index is 1.82. The molecule has 1 aliphatic rings. The quantitative estimate of drug-likeness (QED) is 0.826. The molecule has 2 N–H and O–H groups in total. The second-order valence-electron chi connectivity index (χ2n) is 4.59. The lowest BCUT2D eigenvalue weighted by Gasteiger charge is -2.26. The second kappa shape index (κ2) is 7.53. The van der Waals surface area contributed by atoms with Crippen LogP contribution in [0.5, 0.6) is 0 Å². The summed E-state index contributed by atoms with van der Waals surface area (Å²) in [4.78, 5) is 13.7. The minimum atomic E-state index is -0.819. The molecule has 1 aromatic carbocycles. The summed E-state index contributed by atoms with van der Waals surface area (Å²) in [7, 11) is 0. The first-order valence-corrected chi connectivity index (χ1v) is 7.74. The molecule has 1 saturated heterocycles. The monoisotopic (exact) mass is 280 g/mol. The molecule has 0 bridgehead atoms. The van der Waals surface area contributed by atoms with Gasteiger partial charge in [-0.15, -0.1) is 0 Å². The third-order valence-electron chi connectivity index (χ3n) is 3.26. The third-order valence-corrected chi connectivity index (χ3v) is 4.20. The van der Waals surface area contributed by atoms with Crippen molar-refractivity contribution in [3.8, 4) is 0 Å². The van der Waals surface area contributed by atoms with Crippen molar-refractivity contribution in [2.45, 2.75) is 6.04 Å². The topological polar surface area (TPSA) is 52.6 Å². The Bertz CT molecular complexity index is 394. The van der Waals surface area contributed by atoms with E-state index in [0.29, 0.717) is 6.54 Å². The second-order valence-corrected chi connectivity index (χ2v) is 5.81. The first kappa shape index (κ1) is 14.4. The van der Waals surface area contributed by atoms with Gasteiger partial charge >= 0.3 is 5.97 Å². The van der Waals surface area contributed by atoms with E-state index in [4.69, 9.17) is 0 Å². The first-order valence-electron chi connectivity index (χ1n) is 6.58. The van der Waals surface area contributed by atoms with Crippen molar-refractivity contribution in [1.29, 1.82) is 0 Å². The average Bonchev–Trinajstić information content (AvgIpc) is 2.45. The van der Waals surface area contributed by atoms with Gasteiger partial charge in [0, 0.05) is 37.7 Å². The minimum Gasteiger partial charge on any atom is -0.480 e. The number of hydrogen-bond acceptors (Lipinski definition) is 4. The maximum atomic E-state index is 11.3. The minimum absolute atomic E-state index is 0.611. The highest BCUT2D eigenvalue weighted by molar-refractivity contribution is 7.99. The van der Waals surface area contributed by atoms with Crippen LogP contribution in [-0.2, 0) is 4.79 Å². The predicted molar refractivity (Wildman–Crippen MR) is 78.6 cm³/mol. The largest absolute Gasteiger partial charge is 0.480 e. The van der Waals surface area contributed by atoms with Crippen molar-refractivity contribution in [2.24, 2.45) is 0 Å². The van der Waals surface area contributed by atoms with Gasteiger partial charge < -0.3 is 10.0 Å². The van der Waals surface area contributed by atoms with Gasteiger partial charge in [0.1, 0.15) is 6.04 Å². The standard InChI is InChI=1S/C14H20N2O2S/c17-14(18)13(12-4-2-1-3-5-12)15-6-7-16-8-10-19-11-9-16/h1-5,13,15H,6-11H2,(H,17,18). The van der Waals surface area contributed by atoms with Gasteiger partial charge in [-0.3, -0.25) is 10.1 Å². The van der Waals surface area contributed by atoms with E-state index in [1.807, 2.05) is 42.1 Å². The van der Waals surface area contributed by atoms with E-state index in [2.05, 4.69) is 10.2 Å². The van der Waals surface area contributed by atoms with Crippen LogP contribution in [0.1, 0.15) is 11.6 Å². The number of benzene rings is 1. The van der Waals surface area contributed by atoms with Crippen LogP contribution in [0.15, 0.2) is 30.3 Å². The molecule has 2 rings (SSSR count). The average molecular weight is 280 g/mol. The predicted octanol–water partition coefficient (Wildman–Crippen LogP) is 1.45. The van der Waals surface area contributed by atoms with Crippen molar-refractivity contribution in [3.63, 3.8) is 0 Å². The van der Waals surface area contributed by atoms with Crippen LogP contribution in [0.3, 0.4) is 0 Å². The highest BCUT2D eigenvalue weighted by Crippen LogP contribution is 2.13. The molecule has 19 heavy (non-hydrogen) atoms. The smallest absolute Gasteiger partial charge is 0.325 e. The van der Waals surface area contributed by atoms with Crippen LogP contribution in [0.2, 0.25) is 0 Å². The molecule has 0 amide bonds. The molecule has 0 spiro atoms. The van der Waals surface area contributed by atoms with Gasteiger partial charge in [0.05, 0.1) is 0 Å². The van der Waals surface area contributed by atoms with E-state index >= 15 is 0 Å². The number of nitrogens with zero attached hydrogens (tertiary/aromatic N) is 1. The number of carbonyl (C=O) groups is 1. The summed E-state index contributed by atoms with van der Waals surface area (Å²) in [6.07, 6.45) is 0. The van der Waals surface area contributed by atoms with Gasteiger partial charge in [-0.05, 0) is 5.56 Å². The van der Waals surface area contributed by atoms with Crippen molar-refractivity contribution < 1.29 is 9.90 Å². The molecular formula is C14H20N2O2S. The van der Waals surface area contributed by atoms with Crippen molar-refractivity contribution in [2.75, 3.05) is 37.7 Å². The highest BCUT2D eigenvalue weighted by atomic mass is 32.2. The molecule has 4 nitrogen and oxygen atoms in total. The summed E-state index contributed by atoms with van der Waals surface area (Å²) in [6.45, 7) is 3.83. The van der Waals surface area contributed by atoms with Gasteiger partial charge in [0.2, 0.25) is 0 Å². The number of nitrogens with one attached hydrogen (secondary N) is 1. The molecule has 1 unspecified atom stereocenters. The number of carboxylic acid groups (broad SMARTS) is 1. The molecule has 1 aliphatic heterocycles. The fourth-order valence-electron chi connectivity index (χ4n) is 2.18. The van der Waals surface area contributed by atoms with E-state index in [-0.39, 0.29) is 0 Å². The molecule has 0 aromatic heterocycles. The SMILES string of the molecule is O=C(O)C(NCCN1CCSCC1)c1ccccc1. The van der Waals surface area contributed by atoms with E-state index in [1.54, 1.807) is 0 Å². The zero-order valence-electron chi connectivity index (χ0n) is 10.9. The van der Waals surface area contributed by atoms with Crippen molar-refractivity contribution >= 4 is 17.7 Å². The van der Waals surface area contributed by atoms with E-state index in [0.717, 1.165) is 25.2 Å². The molecule has 5 heteroatoms. The Labute approximate surface area is 118 Å². The van der Waals surface area contributed by atoms with Crippen LogP contribution in [0.4, 0.5) is 0 Å². The molecule has 0 aliphatic carbocycles.